The molecule has 0 atom stereocenters. The second-order valence-corrected chi connectivity index (χ2v) is 6.34. The minimum absolute atomic E-state index is 0.226. The molecule has 0 radical (unpaired) electrons. The highest BCUT2D eigenvalue weighted by atomic mass is 35.5. The van der Waals surface area contributed by atoms with E-state index < -0.39 is 0 Å². The van der Waals surface area contributed by atoms with Gasteiger partial charge in [0.25, 0.3) is 0 Å². The van der Waals surface area contributed by atoms with E-state index in [2.05, 4.69) is 23.2 Å². The van der Waals surface area contributed by atoms with Crippen molar-refractivity contribution >= 4 is 23.2 Å². The zero-order valence-electron chi connectivity index (χ0n) is 13.8. The number of nitrogens with zero attached hydrogens (tertiary/aromatic N) is 2. The molecule has 4 nitrogen and oxygen atoms in total. The summed E-state index contributed by atoms with van der Waals surface area (Å²) in [4.78, 5) is 16.6. The van der Waals surface area contributed by atoms with E-state index in [1.807, 2.05) is 24.8 Å². The minimum atomic E-state index is 0.226. The van der Waals surface area contributed by atoms with Crippen molar-refractivity contribution in [3.63, 3.8) is 0 Å². The maximum Gasteiger partial charge on any atom is 0.224 e. The predicted molar refractivity (Wildman–Crippen MR) is 92.7 cm³/mol. The largest absolute Gasteiger partial charge is 0.383 e. The van der Waals surface area contributed by atoms with Gasteiger partial charge in [0, 0.05) is 39.1 Å². The minimum Gasteiger partial charge on any atom is -0.383 e. The first-order chi connectivity index (χ1) is 10.5. The van der Waals surface area contributed by atoms with Crippen LogP contribution in [0.4, 0.5) is 5.69 Å². The summed E-state index contributed by atoms with van der Waals surface area (Å²) in [5, 5.41) is 4.03. The number of piperazine rings is 1. The zero-order chi connectivity index (χ0) is 16.1. The second kappa shape index (κ2) is 7.84. The number of rotatable bonds is 5. The van der Waals surface area contributed by atoms with Gasteiger partial charge in [0.1, 0.15) is 0 Å². The lowest BCUT2D eigenvalue weighted by Crippen LogP contribution is -2.48. The SMILES string of the molecule is CCN1CCN(C(=O)CCNc2c(C)cc(C)cc2Cl)CC1. The molecule has 1 N–H and O–H groups in total. The van der Waals surface area contributed by atoms with Crippen molar-refractivity contribution in [1.82, 2.24) is 9.80 Å². The number of hydrogen-bond acceptors (Lipinski definition) is 3. The Balaban J connectivity index is 1.80. The smallest absolute Gasteiger partial charge is 0.224 e. The molecule has 0 spiro atoms. The Hall–Kier alpha value is -1.26. The quantitative estimate of drug-likeness (QED) is 0.905. The van der Waals surface area contributed by atoms with E-state index in [0.717, 1.165) is 54.6 Å². The van der Waals surface area contributed by atoms with E-state index in [0.29, 0.717) is 13.0 Å². The van der Waals surface area contributed by atoms with Crippen LogP contribution in [0.15, 0.2) is 12.1 Å². The van der Waals surface area contributed by atoms with Crippen molar-refractivity contribution in [1.29, 1.82) is 0 Å². The first-order valence-electron chi connectivity index (χ1n) is 8.02. The van der Waals surface area contributed by atoms with Crippen LogP contribution in [0.25, 0.3) is 0 Å². The monoisotopic (exact) mass is 323 g/mol. The summed E-state index contributed by atoms with van der Waals surface area (Å²) in [5.74, 6) is 0.226. The highest BCUT2D eigenvalue weighted by molar-refractivity contribution is 6.33. The van der Waals surface area contributed by atoms with E-state index >= 15 is 0 Å². The molecule has 0 saturated carbocycles. The third kappa shape index (κ3) is 4.37. The zero-order valence-corrected chi connectivity index (χ0v) is 14.5. The van der Waals surface area contributed by atoms with Crippen LogP contribution in [-0.4, -0.2) is 55.0 Å². The summed E-state index contributed by atoms with van der Waals surface area (Å²) in [5.41, 5.74) is 3.21. The molecule has 1 aromatic rings. The van der Waals surface area contributed by atoms with Crippen LogP contribution in [0, 0.1) is 13.8 Å². The Kier molecular flexibility index (Phi) is 6.09. The molecule has 0 aromatic heterocycles. The van der Waals surface area contributed by atoms with Gasteiger partial charge in [-0.3, -0.25) is 4.79 Å². The van der Waals surface area contributed by atoms with Crippen LogP contribution in [-0.2, 0) is 4.79 Å². The van der Waals surface area contributed by atoms with Crippen LogP contribution in [0.3, 0.4) is 0 Å². The maximum atomic E-state index is 12.2. The molecule has 2 rings (SSSR count). The fraction of sp³-hybridized carbons (Fsp3) is 0.588. The van der Waals surface area contributed by atoms with Crippen molar-refractivity contribution < 1.29 is 4.79 Å². The molecule has 1 fully saturated rings. The second-order valence-electron chi connectivity index (χ2n) is 5.93. The third-order valence-corrected chi connectivity index (χ3v) is 4.54. The fourth-order valence-electron chi connectivity index (χ4n) is 2.91. The summed E-state index contributed by atoms with van der Waals surface area (Å²) in [7, 11) is 0. The number of carbonyl (C=O) groups is 1. The summed E-state index contributed by atoms with van der Waals surface area (Å²) < 4.78 is 0. The van der Waals surface area contributed by atoms with E-state index in [-0.39, 0.29) is 5.91 Å². The summed E-state index contributed by atoms with van der Waals surface area (Å²) in [6, 6.07) is 4.04. The average molecular weight is 324 g/mol. The highest BCUT2D eigenvalue weighted by Crippen LogP contribution is 2.27. The van der Waals surface area contributed by atoms with Gasteiger partial charge < -0.3 is 15.1 Å². The number of amides is 1. The number of likely N-dealkylation sites (N-methyl/N-ethyl adjacent to an activating group) is 1. The molecule has 0 unspecified atom stereocenters. The van der Waals surface area contributed by atoms with Gasteiger partial charge >= 0.3 is 0 Å². The lowest BCUT2D eigenvalue weighted by Gasteiger charge is -2.34. The van der Waals surface area contributed by atoms with Crippen LogP contribution in [0.2, 0.25) is 5.02 Å². The molecule has 1 amide bonds. The Morgan fingerprint density at radius 1 is 1.23 bits per heavy atom. The molecule has 1 aliphatic rings. The molecule has 22 heavy (non-hydrogen) atoms. The fourth-order valence-corrected chi connectivity index (χ4v) is 3.29. The number of hydrogen-bond donors (Lipinski definition) is 1. The van der Waals surface area contributed by atoms with E-state index in [1.165, 1.54) is 0 Å². The molecule has 1 aromatic carbocycles. The Labute approximate surface area is 138 Å². The molecular formula is C17H26ClN3O. The van der Waals surface area contributed by atoms with E-state index in [1.54, 1.807) is 0 Å². The van der Waals surface area contributed by atoms with Crippen LogP contribution in [0.5, 0.6) is 0 Å². The predicted octanol–water partition coefficient (Wildman–Crippen LogP) is 2.92. The Bertz CT molecular complexity index is 502. The van der Waals surface area contributed by atoms with Crippen molar-refractivity contribution in [3.8, 4) is 0 Å². The highest BCUT2D eigenvalue weighted by Gasteiger charge is 2.19. The molecule has 5 heteroatoms. The Morgan fingerprint density at radius 2 is 1.91 bits per heavy atom. The topological polar surface area (TPSA) is 35.6 Å². The molecule has 122 valence electrons. The van der Waals surface area contributed by atoms with Gasteiger partial charge in [0.05, 0.1) is 10.7 Å². The van der Waals surface area contributed by atoms with Crippen molar-refractivity contribution in [2.45, 2.75) is 27.2 Å². The van der Waals surface area contributed by atoms with Gasteiger partial charge in [-0.1, -0.05) is 24.6 Å². The van der Waals surface area contributed by atoms with E-state index in [4.69, 9.17) is 11.6 Å². The molecule has 1 aliphatic heterocycles. The molecular weight excluding hydrogens is 298 g/mol. The van der Waals surface area contributed by atoms with Crippen molar-refractivity contribution in [3.05, 3.63) is 28.3 Å². The number of nitrogens with one attached hydrogen (secondary N) is 1. The summed E-state index contributed by atoms with van der Waals surface area (Å²) >= 11 is 6.27. The molecule has 0 aliphatic carbocycles. The number of aryl methyl sites for hydroxylation is 2. The van der Waals surface area contributed by atoms with Crippen molar-refractivity contribution in [2.24, 2.45) is 0 Å². The van der Waals surface area contributed by atoms with Gasteiger partial charge in [-0.05, 0) is 37.6 Å². The van der Waals surface area contributed by atoms with Crippen molar-refractivity contribution in [2.75, 3.05) is 44.6 Å². The standard InChI is InChI=1S/C17H26ClN3O/c1-4-20-7-9-21(10-8-20)16(22)5-6-19-17-14(3)11-13(2)12-15(17)18/h11-12,19H,4-10H2,1-3H3. The lowest BCUT2D eigenvalue weighted by atomic mass is 10.1. The Morgan fingerprint density at radius 3 is 2.50 bits per heavy atom. The van der Waals surface area contributed by atoms with Gasteiger partial charge in [0.2, 0.25) is 5.91 Å². The number of anilines is 1. The maximum absolute atomic E-state index is 12.2. The first kappa shape index (κ1) is 17.1. The summed E-state index contributed by atoms with van der Waals surface area (Å²) in [6.07, 6.45) is 0.510. The molecule has 0 bridgehead atoms. The van der Waals surface area contributed by atoms with Gasteiger partial charge in [-0.25, -0.2) is 0 Å². The lowest BCUT2D eigenvalue weighted by molar-refractivity contribution is -0.132. The average Bonchev–Trinajstić information content (AvgIpc) is 2.49. The summed E-state index contributed by atoms with van der Waals surface area (Å²) in [6.45, 7) is 11.6. The van der Waals surface area contributed by atoms with Crippen LogP contribution in [0.1, 0.15) is 24.5 Å². The van der Waals surface area contributed by atoms with Crippen LogP contribution >= 0.6 is 11.6 Å². The van der Waals surface area contributed by atoms with Gasteiger partial charge in [-0.2, -0.15) is 0 Å². The number of carbonyl (C=O) groups excluding carboxylic acids is 1. The number of benzene rings is 1. The first-order valence-corrected chi connectivity index (χ1v) is 8.39. The van der Waals surface area contributed by atoms with Gasteiger partial charge in [-0.15, -0.1) is 0 Å². The molecule has 1 heterocycles. The van der Waals surface area contributed by atoms with E-state index in [9.17, 15) is 4.79 Å². The number of halogens is 1. The van der Waals surface area contributed by atoms with Crippen LogP contribution < -0.4 is 5.32 Å². The normalized spacial score (nSPS) is 15.9. The molecule has 1 saturated heterocycles. The third-order valence-electron chi connectivity index (χ3n) is 4.24. The van der Waals surface area contributed by atoms with Gasteiger partial charge in [0.15, 0.2) is 0 Å².